The Labute approximate surface area is 127 Å². The fourth-order valence-corrected chi connectivity index (χ4v) is 2.16. The van der Waals surface area contributed by atoms with Crippen LogP contribution in [0.3, 0.4) is 0 Å². The number of hydrogen-bond acceptors (Lipinski definition) is 2. The number of carbonyl (C=O) groups excluding carboxylic acids is 1. The molecule has 1 rings (SSSR count). The van der Waals surface area contributed by atoms with Gasteiger partial charge in [0.25, 0.3) is 0 Å². The fraction of sp³-hybridized carbons (Fsp3) is 0.471. The van der Waals surface area contributed by atoms with Gasteiger partial charge in [-0.2, -0.15) is 0 Å². The van der Waals surface area contributed by atoms with Gasteiger partial charge in [0, 0.05) is 11.6 Å². The van der Waals surface area contributed by atoms with E-state index in [2.05, 4.69) is 38.4 Å². The molecule has 21 heavy (non-hydrogen) atoms. The zero-order valence-corrected chi connectivity index (χ0v) is 13.2. The van der Waals surface area contributed by atoms with Gasteiger partial charge in [-0.3, -0.25) is 0 Å². The molecule has 1 aromatic rings. The van der Waals surface area contributed by atoms with E-state index in [4.69, 9.17) is 4.74 Å². The van der Waals surface area contributed by atoms with Gasteiger partial charge in [0.1, 0.15) is 6.54 Å². The average molecular weight is 295 g/mol. The van der Waals surface area contributed by atoms with Gasteiger partial charge >= 0.3 is 5.97 Å². The number of esters is 1. The molecule has 0 saturated carbocycles. The van der Waals surface area contributed by atoms with Crippen molar-refractivity contribution in [2.45, 2.75) is 26.3 Å². The third kappa shape index (κ3) is 8.97. The molecule has 1 aromatic carbocycles. The summed E-state index contributed by atoms with van der Waals surface area (Å²) in [5.41, 5.74) is 1.36. The summed E-state index contributed by atoms with van der Waals surface area (Å²) in [5.74, 6) is -0.245. The molecule has 0 N–H and O–H groups in total. The summed E-state index contributed by atoms with van der Waals surface area (Å²) in [7, 11) is 4.47. The van der Waals surface area contributed by atoms with Crippen LogP contribution in [0.4, 0.5) is 0 Å². The van der Waals surface area contributed by atoms with Crippen molar-refractivity contribution < 1.29 is 18.7 Å². The second kappa shape index (κ2) is 10.1. The number of benzene rings is 1. The summed E-state index contributed by atoms with van der Waals surface area (Å²) in [6.45, 7) is 4.43. The van der Waals surface area contributed by atoms with Gasteiger partial charge in [-0.15, -0.1) is 0 Å². The van der Waals surface area contributed by atoms with Crippen molar-refractivity contribution >= 4 is 5.97 Å². The number of rotatable bonds is 8. The Morgan fingerprint density at radius 3 is 2.48 bits per heavy atom. The molecule has 0 heterocycles. The van der Waals surface area contributed by atoms with Crippen LogP contribution < -0.4 is 4.70 Å². The number of carbonyl (C=O) groups is 1. The summed E-state index contributed by atoms with van der Waals surface area (Å²) in [6, 6.07) is 10.5. The number of nitrogens with zero attached hydrogens (tertiary/aromatic N) is 1. The molecule has 0 spiro atoms. The lowest BCUT2D eigenvalue weighted by molar-refractivity contribution is -0.903. The van der Waals surface area contributed by atoms with E-state index in [0.29, 0.717) is 6.61 Å². The first-order valence-electron chi connectivity index (χ1n) is 7.19. The molecule has 0 aromatic heterocycles. The molecule has 0 aliphatic rings. The van der Waals surface area contributed by atoms with Crippen molar-refractivity contribution in [3.8, 4) is 0 Å². The Balaban J connectivity index is 0.00000400. The number of ether oxygens (including phenoxy) is 1. The van der Waals surface area contributed by atoms with Crippen LogP contribution in [0.1, 0.15) is 25.3 Å². The molecule has 0 saturated heterocycles. The topological polar surface area (TPSA) is 26.3 Å². The van der Waals surface area contributed by atoms with E-state index in [1.807, 2.05) is 13.0 Å². The summed E-state index contributed by atoms with van der Waals surface area (Å²) < 4.78 is 6.03. The number of unbranched alkanes of at least 4 members (excludes halogenated alkanes) is 1. The smallest absolute Gasteiger partial charge is 0.330 e. The van der Waals surface area contributed by atoms with Crippen LogP contribution in [0, 0.1) is 0 Å². The molecule has 0 unspecified atom stereocenters. The number of halogens is 1. The summed E-state index contributed by atoms with van der Waals surface area (Å²) in [5, 5.41) is 0. The number of quaternary nitrogens is 1. The van der Waals surface area contributed by atoms with Gasteiger partial charge in [0.15, 0.2) is 0 Å². The van der Waals surface area contributed by atoms with E-state index in [1.165, 1.54) is 11.6 Å². The first kappa shape index (κ1) is 19.3. The highest BCUT2D eigenvalue weighted by molar-refractivity contribution is 5.81. The fourth-order valence-electron chi connectivity index (χ4n) is 2.16. The van der Waals surface area contributed by atoms with Crippen LogP contribution >= 0.6 is 0 Å². The molecule has 0 aliphatic carbocycles. The highest BCUT2D eigenvalue weighted by atomic mass is 19.0. The van der Waals surface area contributed by atoms with Gasteiger partial charge in [-0.05, 0) is 19.8 Å². The first-order chi connectivity index (χ1) is 9.53. The van der Waals surface area contributed by atoms with Crippen LogP contribution in [0.2, 0.25) is 0 Å². The summed E-state index contributed by atoms with van der Waals surface area (Å²) in [6.07, 6.45) is 5.13. The maximum atomic E-state index is 11.1. The van der Waals surface area contributed by atoms with Gasteiger partial charge in [-0.25, -0.2) is 4.79 Å². The lowest BCUT2D eigenvalue weighted by atomic mass is 10.2. The molecule has 118 valence electrons. The maximum absolute atomic E-state index is 11.1. The van der Waals surface area contributed by atoms with Gasteiger partial charge in [0.2, 0.25) is 0 Å². The molecular weight excluding hydrogens is 269 g/mol. The molecule has 0 radical (unpaired) electrons. The molecule has 0 amide bonds. The van der Waals surface area contributed by atoms with E-state index >= 15 is 0 Å². The predicted molar refractivity (Wildman–Crippen MR) is 82.1 cm³/mol. The Hall–Kier alpha value is -1.68. The molecule has 0 fully saturated rings. The van der Waals surface area contributed by atoms with Gasteiger partial charge < -0.3 is 13.9 Å². The molecule has 3 nitrogen and oxygen atoms in total. The average Bonchev–Trinajstić information content (AvgIpc) is 2.39. The summed E-state index contributed by atoms with van der Waals surface area (Å²) >= 11 is 0. The lowest BCUT2D eigenvalue weighted by Crippen LogP contribution is -3.00. The third-order valence-corrected chi connectivity index (χ3v) is 3.16. The molecule has 0 aliphatic heterocycles. The van der Waals surface area contributed by atoms with Crippen molar-refractivity contribution in [1.82, 2.24) is 0 Å². The molecular formula is C17H26FNO2. The summed E-state index contributed by atoms with van der Waals surface area (Å²) in [4.78, 5) is 11.1. The first-order valence-corrected chi connectivity index (χ1v) is 7.19. The molecule has 0 atom stereocenters. The zero-order chi connectivity index (χ0) is 14.8. The Kier molecular flexibility index (Phi) is 9.30. The van der Waals surface area contributed by atoms with Crippen molar-refractivity contribution in [3.05, 3.63) is 48.0 Å². The van der Waals surface area contributed by atoms with Crippen LogP contribution in [-0.4, -0.2) is 37.7 Å². The lowest BCUT2D eigenvalue weighted by Gasteiger charge is -2.30. The quantitative estimate of drug-likeness (QED) is 0.296. The highest BCUT2D eigenvalue weighted by Crippen LogP contribution is 2.10. The zero-order valence-electron chi connectivity index (χ0n) is 13.2. The van der Waals surface area contributed by atoms with Crippen molar-refractivity contribution in [2.24, 2.45) is 0 Å². The SMILES string of the molecule is CC=CC(=O)OCCCC[N+](C)(C)Cc1ccccc1.[F-]. The van der Waals surface area contributed by atoms with Crippen LogP contribution in [-0.2, 0) is 16.1 Å². The Morgan fingerprint density at radius 1 is 1.19 bits per heavy atom. The minimum absolute atomic E-state index is 0. The Morgan fingerprint density at radius 2 is 1.86 bits per heavy atom. The maximum Gasteiger partial charge on any atom is 0.330 e. The monoisotopic (exact) mass is 295 g/mol. The van der Waals surface area contributed by atoms with Crippen LogP contribution in [0.15, 0.2) is 42.5 Å². The normalized spacial score (nSPS) is 11.2. The van der Waals surface area contributed by atoms with E-state index in [9.17, 15) is 4.79 Å². The van der Waals surface area contributed by atoms with Crippen molar-refractivity contribution in [2.75, 3.05) is 27.2 Å². The highest BCUT2D eigenvalue weighted by Gasteiger charge is 2.15. The second-order valence-corrected chi connectivity index (χ2v) is 5.68. The van der Waals surface area contributed by atoms with E-state index < -0.39 is 0 Å². The van der Waals surface area contributed by atoms with Gasteiger partial charge in [-0.1, -0.05) is 36.4 Å². The molecule has 0 bridgehead atoms. The number of hydrogen-bond donors (Lipinski definition) is 0. The van der Waals surface area contributed by atoms with Crippen LogP contribution in [0.25, 0.3) is 0 Å². The predicted octanol–water partition coefficient (Wildman–Crippen LogP) is 0.167. The minimum Gasteiger partial charge on any atom is -1.00 e. The van der Waals surface area contributed by atoms with E-state index in [0.717, 1.165) is 30.4 Å². The van der Waals surface area contributed by atoms with E-state index in [-0.39, 0.29) is 10.7 Å². The molecule has 4 heteroatoms. The Bertz CT molecular complexity index is 430. The standard InChI is InChI=1S/C17H26NO2.FH/c1-4-10-17(19)20-14-9-8-13-18(2,3)15-16-11-6-5-7-12-16;/h4-7,10-12H,8-9,13-15H2,1-3H3;1H/q+1;/p-1. The van der Waals surface area contributed by atoms with Gasteiger partial charge in [0.05, 0.1) is 27.2 Å². The van der Waals surface area contributed by atoms with Crippen LogP contribution in [0.5, 0.6) is 0 Å². The third-order valence-electron chi connectivity index (χ3n) is 3.16. The van der Waals surface area contributed by atoms with Crippen molar-refractivity contribution in [1.29, 1.82) is 0 Å². The minimum atomic E-state index is -0.245. The van der Waals surface area contributed by atoms with E-state index in [1.54, 1.807) is 6.08 Å². The van der Waals surface area contributed by atoms with Crippen molar-refractivity contribution in [3.63, 3.8) is 0 Å². The largest absolute Gasteiger partial charge is 1.00 e. The number of allylic oxidation sites excluding steroid dienone is 1. The second-order valence-electron chi connectivity index (χ2n) is 5.68.